The van der Waals surface area contributed by atoms with Crippen LogP contribution in [0.4, 0.5) is 0 Å². The van der Waals surface area contributed by atoms with Gasteiger partial charge >= 0.3 is 0 Å². The number of halogens is 1. The molecule has 1 fully saturated rings. The van der Waals surface area contributed by atoms with E-state index in [1.165, 1.54) is 5.75 Å². The molecule has 1 aliphatic rings. The summed E-state index contributed by atoms with van der Waals surface area (Å²) in [5, 5.41) is 4.42. The molecule has 2 N–H and O–H groups in total. The molecule has 102 valence electrons. The lowest BCUT2D eigenvalue weighted by atomic mass is 10.1. The lowest BCUT2D eigenvalue weighted by Gasteiger charge is -2.36. The maximum atomic E-state index is 6.50. The van der Waals surface area contributed by atoms with Crippen molar-refractivity contribution in [3.05, 3.63) is 16.4 Å². The Labute approximate surface area is 121 Å². The molecule has 0 amide bonds. The van der Waals surface area contributed by atoms with E-state index in [0.717, 1.165) is 22.5 Å². The highest BCUT2D eigenvalue weighted by Gasteiger charge is 2.30. The van der Waals surface area contributed by atoms with E-state index >= 15 is 0 Å². The highest BCUT2D eigenvalue weighted by atomic mass is 79.9. The maximum Gasteiger partial charge on any atom is 0.0712 e. The van der Waals surface area contributed by atoms with Gasteiger partial charge in [0.15, 0.2) is 0 Å². The van der Waals surface area contributed by atoms with Crippen molar-refractivity contribution in [3.8, 4) is 0 Å². The Morgan fingerprint density at radius 1 is 1.56 bits per heavy atom. The Kier molecular flexibility index (Phi) is 4.75. The van der Waals surface area contributed by atoms with E-state index < -0.39 is 0 Å². The molecule has 2 rings (SSSR count). The third kappa shape index (κ3) is 2.76. The zero-order valence-electron chi connectivity index (χ0n) is 11.1. The number of nitrogens with zero attached hydrogens (tertiary/aromatic N) is 3. The number of likely N-dealkylation sites (N-methyl/N-ethyl adjacent to an activating group) is 1. The zero-order chi connectivity index (χ0) is 13.3. The van der Waals surface area contributed by atoms with Crippen LogP contribution in [0.15, 0.2) is 10.7 Å². The fourth-order valence-corrected chi connectivity index (χ4v) is 4.16. The average molecular weight is 333 g/mol. The first-order chi connectivity index (χ1) is 8.52. The minimum absolute atomic E-state index is 0.00192. The summed E-state index contributed by atoms with van der Waals surface area (Å²) in [5.74, 6) is 2.29. The first kappa shape index (κ1) is 14.4. The molecule has 2 unspecified atom stereocenters. The van der Waals surface area contributed by atoms with E-state index in [2.05, 4.69) is 46.8 Å². The van der Waals surface area contributed by atoms with Crippen LogP contribution in [0.25, 0.3) is 0 Å². The third-order valence-corrected chi connectivity index (χ3v) is 5.11. The van der Waals surface area contributed by atoms with Crippen molar-refractivity contribution in [1.29, 1.82) is 0 Å². The predicted molar refractivity (Wildman–Crippen MR) is 81.0 cm³/mol. The number of hydrogen-bond acceptors (Lipinski definition) is 4. The highest BCUT2D eigenvalue weighted by Crippen LogP contribution is 2.30. The molecule has 0 aliphatic carbocycles. The van der Waals surface area contributed by atoms with E-state index in [1.54, 1.807) is 0 Å². The van der Waals surface area contributed by atoms with Crippen LogP contribution in [0.2, 0.25) is 0 Å². The van der Waals surface area contributed by atoms with Crippen LogP contribution < -0.4 is 5.73 Å². The first-order valence-electron chi connectivity index (χ1n) is 6.28. The Morgan fingerprint density at radius 2 is 2.28 bits per heavy atom. The lowest BCUT2D eigenvalue weighted by Crippen LogP contribution is -2.46. The quantitative estimate of drug-likeness (QED) is 0.922. The van der Waals surface area contributed by atoms with Gasteiger partial charge in [-0.3, -0.25) is 9.58 Å². The molecule has 1 saturated heterocycles. The molecular weight excluding hydrogens is 312 g/mol. The fourth-order valence-electron chi connectivity index (χ4n) is 2.34. The van der Waals surface area contributed by atoms with Gasteiger partial charge in [0.2, 0.25) is 0 Å². The van der Waals surface area contributed by atoms with Gasteiger partial charge in [0, 0.05) is 30.1 Å². The first-order valence-corrected chi connectivity index (χ1v) is 8.23. The number of aromatic nitrogens is 2. The summed E-state index contributed by atoms with van der Waals surface area (Å²) in [4.78, 5) is 2.37. The Bertz CT molecular complexity index is 407. The molecule has 6 heteroatoms. The monoisotopic (exact) mass is 332 g/mol. The lowest BCUT2D eigenvalue weighted by molar-refractivity contribution is 0.230. The molecule has 0 spiro atoms. The Balaban J connectivity index is 2.27. The summed E-state index contributed by atoms with van der Waals surface area (Å²) in [6.07, 6.45) is 1.85. The smallest absolute Gasteiger partial charge is 0.0712 e. The summed E-state index contributed by atoms with van der Waals surface area (Å²) < 4.78 is 3.05. The molecule has 0 bridgehead atoms. The van der Waals surface area contributed by atoms with E-state index in [-0.39, 0.29) is 6.04 Å². The SMILES string of the molecule is CC(C)n1ncc(Br)c1C(N)C1CSCCN1C. The average Bonchev–Trinajstić information content (AvgIpc) is 2.71. The van der Waals surface area contributed by atoms with Crippen molar-refractivity contribution < 1.29 is 0 Å². The van der Waals surface area contributed by atoms with Crippen LogP contribution in [0.1, 0.15) is 31.6 Å². The molecule has 1 aliphatic heterocycles. The van der Waals surface area contributed by atoms with Gasteiger partial charge in [-0.15, -0.1) is 0 Å². The molecule has 1 aromatic heterocycles. The molecule has 0 aromatic carbocycles. The normalized spacial score (nSPS) is 23.6. The van der Waals surface area contributed by atoms with E-state index in [4.69, 9.17) is 5.73 Å². The van der Waals surface area contributed by atoms with Crippen LogP contribution in [-0.4, -0.2) is 45.8 Å². The van der Waals surface area contributed by atoms with Crippen LogP contribution in [-0.2, 0) is 0 Å². The van der Waals surface area contributed by atoms with Gasteiger partial charge in [0.25, 0.3) is 0 Å². The van der Waals surface area contributed by atoms with Gasteiger partial charge in [-0.05, 0) is 36.8 Å². The summed E-state index contributed by atoms with van der Waals surface area (Å²) >= 11 is 5.57. The minimum atomic E-state index is 0.00192. The second-order valence-corrected chi connectivity index (χ2v) is 7.07. The summed E-state index contributed by atoms with van der Waals surface area (Å²) in [7, 11) is 2.16. The van der Waals surface area contributed by atoms with Crippen LogP contribution >= 0.6 is 27.7 Å². The standard InChI is InChI=1S/C12H21BrN4S/c1-8(2)17-12(9(13)6-15-17)11(14)10-7-18-5-4-16(10)3/h6,8,10-11H,4-5,7,14H2,1-3H3. The van der Waals surface area contributed by atoms with E-state index in [9.17, 15) is 0 Å². The van der Waals surface area contributed by atoms with Crippen molar-refractivity contribution in [2.45, 2.75) is 32.0 Å². The third-order valence-electron chi connectivity index (χ3n) is 3.45. The second kappa shape index (κ2) is 5.94. The topological polar surface area (TPSA) is 47.1 Å². The highest BCUT2D eigenvalue weighted by molar-refractivity contribution is 9.10. The maximum absolute atomic E-state index is 6.50. The van der Waals surface area contributed by atoms with E-state index in [0.29, 0.717) is 12.1 Å². The van der Waals surface area contributed by atoms with Crippen LogP contribution in [0.3, 0.4) is 0 Å². The molecule has 2 heterocycles. The van der Waals surface area contributed by atoms with Gasteiger partial charge in [-0.1, -0.05) is 0 Å². The van der Waals surface area contributed by atoms with Gasteiger partial charge in [-0.2, -0.15) is 16.9 Å². The Hall–Kier alpha value is -0.0400. The summed E-state index contributed by atoms with van der Waals surface area (Å²) in [5.41, 5.74) is 7.61. The molecular formula is C12H21BrN4S. The second-order valence-electron chi connectivity index (χ2n) is 5.06. The van der Waals surface area contributed by atoms with E-state index in [1.807, 2.05) is 22.6 Å². The molecule has 0 saturated carbocycles. The molecule has 1 aromatic rings. The van der Waals surface area contributed by atoms with Crippen molar-refractivity contribution in [2.75, 3.05) is 25.1 Å². The summed E-state index contributed by atoms with van der Waals surface area (Å²) in [6, 6.07) is 0.718. The number of thioether (sulfide) groups is 1. The minimum Gasteiger partial charge on any atom is -0.321 e. The van der Waals surface area contributed by atoms with Gasteiger partial charge in [-0.25, -0.2) is 0 Å². The molecule has 0 radical (unpaired) electrons. The van der Waals surface area contributed by atoms with Crippen LogP contribution in [0.5, 0.6) is 0 Å². The van der Waals surface area contributed by atoms with Gasteiger partial charge < -0.3 is 5.73 Å². The van der Waals surface area contributed by atoms with Crippen molar-refractivity contribution >= 4 is 27.7 Å². The summed E-state index contributed by atoms with van der Waals surface area (Å²) in [6.45, 7) is 5.38. The van der Waals surface area contributed by atoms with Crippen LogP contribution in [0, 0.1) is 0 Å². The molecule has 18 heavy (non-hydrogen) atoms. The van der Waals surface area contributed by atoms with Crippen molar-refractivity contribution in [1.82, 2.24) is 14.7 Å². The molecule has 4 nitrogen and oxygen atoms in total. The van der Waals surface area contributed by atoms with Gasteiger partial charge in [0.1, 0.15) is 0 Å². The van der Waals surface area contributed by atoms with Crippen molar-refractivity contribution in [2.24, 2.45) is 5.73 Å². The number of hydrogen-bond donors (Lipinski definition) is 1. The largest absolute Gasteiger partial charge is 0.321 e. The zero-order valence-corrected chi connectivity index (χ0v) is 13.5. The molecule has 2 atom stereocenters. The number of rotatable bonds is 3. The number of nitrogens with two attached hydrogens (primary N) is 1. The Morgan fingerprint density at radius 3 is 2.89 bits per heavy atom. The van der Waals surface area contributed by atoms with Crippen molar-refractivity contribution in [3.63, 3.8) is 0 Å². The predicted octanol–water partition coefficient (Wildman–Crippen LogP) is 2.27. The fraction of sp³-hybridized carbons (Fsp3) is 0.750. The van der Waals surface area contributed by atoms with Gasteiger partial charge in [0.05, 0.1) is 22.4 Å².